The number of nitrogens with one attached hydrogen (secondary N) is 1. The van der Waals surface area contributed by atoms with Gasteiger partial charge in [0.15, 0.2) is 11.5 Å². The zero-order valence-electron chi connectivity index (χ0n) is 11.3. The van der Waals surface area contributed by atoms with Crippen LogP contribution >= 0.6 is 11.6 Å². The summed E-state index contributed by atoms with van der Waals surface area (Å²) in [6, 6.07) is 12.6. The van der Waals surface area contributed by atoms with Crippen molar-refractivity contribution < 1.29 is 14.3 Å². The van der Waals surface area contributed by atoms with Crippen molar-refractivity contribution in [2.45, 2.75) is 5.88 Å². The molecule has 0 fully saturated rings. The molecule has 21 heavy (non-hydrogen) atoms. The van der Waals surface area contributed by atoms with E-state index in [1.807, 2.05) is 24.3 Å². The number of halogens is 1. The topological polar surface area (TPSA) is 47.6 Å². The lowest BCUT2D eigenvalue weighted by atomic mass is 10.1. The Balaban J connectivity index is 1.75. The van der Waals surface area contributed by atoms with Gasteiger partial charge in [0.1, 0.15) is 13.2 Å². The van der Waals surface area contributed by atoms with Gasteiger partial charge < -0.3 is 14.8 Å². The minimum Gasteiger partial charge on any atom is -0.486 e. The smallest absolute Gasteiger partial charge is 0.255 e. The first-order valence-corrected chi connectivity index (χ1v) is 7.15. The summed E-state index contributed by atoms with van der Waals surface area (Å²) in [6.07, 6.45) is 0. The molecule has 0 saturated heterocycles. The third-order valence-electron chi connectivity index (χ3n) is 3.17. The lowest BCUT2D eigenvalue weighted by Gasteiger charge is -2.18. The average Bonchev–Trinajstić information content (AvgIpc) is 2.55. The summed E-state index contributed by atoms with van der Waals surface area (Å²) in [5, 5.41) is 2.84. The standard InChI is InChI=1S/C16H14ClNO3/c17-10-11-1-4-13(5-2-11)18-16(19)12-3-6-14-15(9-12)21-8-7-20-14/h1-6,9H,7-8,10H2,(H,18,19). The second kappa shape index (κ2) is 6.06. The van der Waals surface area contributed by atoms with E-state index in [9.17, 15) is 4.79 Å². The van der Waals surface area contributed by atoms with Gasteiger partial charge in [-0.1, -0.05) is 12.1 Å². The highest BCUT2D eigenvalue weighted by atomic mass is 35.5. The fraction of sp³-hybridized carbons (Fsp3) is 0.188. The Kier molecular flexibility index (Phi) is 3.97. The largest absolute Gasteiger partial charge is 0.486 e. The summed E-state index contributed by atoms with van der Waals surface area (Å²) in [5.41, 5.74) is 2.26. The number of benzene rings is 2. The van der Waals surface area contributed by atoms with Gasteiger partial charge in [0.05, 0.1) is 0 Å². The molecule has 0 unspecified atom stereocenters. The highest BCUT2D eigenvalue weighted by molar-refractivity contribution is 6.17. The second-order valence-electron chi connectivity index (χ2n) is 4.64. The Hall–Kier alpha value is -2.20. The fourth-order valence-corrected chi connectivity index (χ4v) is 2.24. The fourth-order valence-electron chi connectivity index (χ4n) is 2.07. The van der Waals surface area contributed by atoms with E-state index in [2.05, 4.69) is 5.32 Å². The molecule has 1 aliphatic heterocycles. The van der Waals surface area contributed by atoms with E-state index in [1.165, 1.54) is 0 Å². The maximum atomic E-state index is 12.2. The van der Waals surface area contributed by atoms with E-state index in [0.29, 0.717) is 36.2 Å². The van der Waals surface area contributed by atoms with E-state index < -0.39 is 0 Å². The number of fused-ring (bicyclic) bond motifs is 1. The van der Waals surface area contributed by atoms with Crippen LogP contribution < -0.4 is 14.8 Å². The maximum absolute atomic E-state index is 12.2. The number of hydrogen-bond donors (Lipinski definition) is 1. The summed E-state index contributed by atoms with van der Waals surface area (Å²) >= 11 is 5.74. The van der Waals surface area contributed by atoms with E-state index in [4.69, 9.17) is 21.1 Å². The first kappa shape index (κ1) is 13.8. The van der Waals surface area contributed by atoms with Gasteiger partial charge in [-0.05, 0) is 35.9 Å². The minimum atomic E-state index is -0.189. The Morgan fingerprint density at radius 2 is 1.76 bits per heavy atom. The first-order valence-electron chi connectivity index (χ1n) is 6.62. The molecule has 1 amide bonds. The maximum Gasteiger partial charge on any atom is 0.255 e. The van der Waals surface area contributed by atoms with Crippen molar-refractivity contribution in [1.29, 1.82) is 0 Å². The zero-order chi connectivity index (χ0) is 14.7. The molecule has 1 N–H and O–H groups in total. The Bertz CT molecular complexity index is 655. The molecule has 0 saturated carbocycles. The van der Waals surface area contributed by atoms with Crippen LogP contribution in [0.1, 0.15) is 15.9 Å². The van der Waals surface area contributed by atoms with Gasteiger partial charge in [0, 0.05) is 17.1 Å². The van der Waals surface area contributed by atoms with Crippen LogP contribution in [0.15, 0.2) is 42.5 Å². The molecule has 1 heterocycles. The third kappa shape index (κ3) is 3.11. The average molecular weight is 304 g/mol. The Morgan fingerprint density at radius 1 is 1.05 bits per heavy atom. The quantitative estimate of drug-likeness (QED) is 0.884. The Morgan fingerprint density at radius 3 is 2.48 bits per heavy atom. The van der Waals surface area contributed by atoms with Gasteiger partial charge in [-0.15, -0.1) is 11.6 Å². The predicted molar refractivity (Wildman–Crippen MR) is 81.4 cm³/mol. The molecule has 1 aliphatic rings. The van der Waals surface area contributed by atoms with E-state index in [1.54, 1.807) is 18.2 Å². The van der Waals surface area contributed by atoms with Crippen LogP contribution in [0.25, 0.3) is 0 Å². The number of carbonyl (C=O) groups excluding carboxylic acids is 1. The number of carbonyl (C=O) groups is 1. The molecule has 0 aromatic heterocycles. The van der Waals surface area contributed by atoms with Crippen LogP contribution in [0.3, 0.4) is 0 Å². The van der Waals surface area contributed by atoms with Crippen molar-refractivity contribution in [3.8, 4) is 11.5 Å². The molecule has 2 aromatic rings. The minimum absolute atomic E-state index is 0.189. The summed E-state index contributed by atoms with van der Waals surface area (Å²) in [5.74, 6) is 1.54. The third-order valence-corrected chi connectivity index (χ3v) is 3.48. The van der Waals surface area contributed by atoms with Gasteiger partial charge >= 0.3 is 0 Å². The molecule has 0 aliphatic carbocycles. The first-order chi connectivity index (χ1) is 10.3. The van der Waals surface area contributed by atoms with Crippen LogP contribution in [0.4, 0.5) is 5.69 Å². The molecule has 0 spiro atoms. The lowest BCUT2D eigenvalue weighted by molar-refractivity contribution is 0.102. The summed E-state index contributed by atoms with van der Waals surface area (Å²) < 4.78 is 10.9. The monoisotopic (exact) mass is 303 g/mol. The number of hydrogen-bond acceptors (Lipinski definition) is 3. The Labute approximate surface area is 127 Å². The molecule has 5 heteroatoms. The summed E-state index contributed by atoms with van der Waals surface area (Å²) in [7, 11) is 0. The van der Waals surface area contributed by atoms with Crippen LogP contribution in [-0.4, -0.2) is 19.1 Å². The van der Waals surface area contributed by atoms with Crippen LogP contribution in [0.2, 0.25) is 0 Å². The van der Waals surface area contributed by atoms with Crippen molar-refractivity contribution in [2.75, 3.05) is 18.5 Å². The van der Waals surface area contributed by atoms with Crippen LogP contribution in [0.5, 0.6) is 11.5 Å². The number of alkyl halides is 1. The van der Waals surface area contributed by atoms with Crippen LogP contribution in [0, 0.1) is 0 Å². The highest BCUT2D eigenvalue weighted by Crippen LogP contribution is 2.30. The van der Waals surface area contributed by atoms with Gasteiger partial charge in [0.2, 0.25) is 0 Å². The molecule has 4 nitrogen and oxygen atoms in total. The van der Waals surface area contributed by atoms with E-state index in [-0.39, 0.29) is 5.91 Å². The van der Waals surface area contributed by atoms with Crippen molar-refractivity contribution in [1.82, 2.24) is 0 Å². The van der Waals surface area contributed by atoms with Crippen molar-refractivity contribution >= 4 is 23.2 Å². The van der Waals surface area contributed by atoms with E-state index in [0.717, 1.165) is 11.3 Å². The van der Waals surface area contributed by atoms with Gasteiger partial charge in [-0.2, -0.15) is 0 Å². The summed E-state index contributed by atoms with van der Waals surface area (Å²) in [6.45, 7) is 1.03. The number of anilines is 1. The van der Waals surface area contributed by atoms with Crippen molar-refractivity contribution in [3.05, 3.63) is 53.6 Å². The molecule has 3 rings (SSSR count). The van der Waals surface area contributed by atoms with Gasteiger partial charge in [-0.3, -0.25) is 4.79 Å². The van der Waals surface area contributed by atoms with Crippen molar-refractivity contribution in [3.63, 3.8) is 0 Å². The lowest BCUT2D eigenvalue weighted by Crippen LogP contribution is -2.17. The number of ether oxygens (including phenoxy) is 2. The molecular formula is C16H14ClNO3. The molecular weight excluding hydrogens is 290 g/mol. The predicted octanol–water partition coefficient (Wildman–Crippen LogP) is 3.45. The van der Waals surface area contributed by atoms with Crippen LogP contribution in [-0.2, 0) is 5.88 Å². The molecule has 2 aromatic carbocycles. The molecule has 0 atom stereocenters. The molecule has 0 radical (unpaired) electrons. The number of amides is 1. The highest BCUT2D eigenvalue weighted by Gasteiger charge is 2.15. The SMILES string of the molecule is O=C(Nc1ccc(CCl)cc1)c1ccc2c(c1)OCCO2. The molecule has 0 bridgehead atoms. The summed E-state index contributed by atoms with van der Waals surface area (Å²) in [4.78, 5) is 12.2. The zero-order valence-corrected chi connectivity index (χ0v) is 12.0. The number of rotatable bonds is 3. The normalized spacial score (nSPS) is 12.8. The van der Waals surface area contributed by atoms with Crippen molar-refractivity contribution in [2.24, 2.45) is 0 Å². The van der Waals surface area contributed by atoms with E-state index >= 15 is 0 Å². The molecule has 108 valence electrons. The van der Waals surface area contributed by atoms with Gasteiger partial charge in [0.25, 0.3) is 5.91 Å². The second-order valence-corrected chi connectivity index (χ2v) is 4.91. The van der Waals surface area contributed by atoms with Gasteiger partial charge in [-0.25, -0.2) is 0 Å².